The molecule has 0 aliphatic carbocycles. The van der Waals surface area contributed by atoms with Gasteiger partial charge in [-0.3, -0.25) is 9.59 Å². The lowest BCUT2D eigenvalue weighted by molar-refractivity contribution is -0.138. The van der Waals surface area contributed by atoms with Crippen LogP contribution in [0.3, 0.4) is 0 Å². The van der Waals surface area contributed by atoms with E-state index in [1.165, 1.54) is 7.11 Å². The number of ether oxygens (including phenoxy) is 1. The number of likely N-dealkylation sites (N-methyl/N-ethyl adjacent to an activating group) is 1. The topological polar surface area (TPSA) is 46.6 Å². The predicted molar refractivity (Wildman–Crippen MR) is 57.1 cm³/mol. The van der Waals surface area contributed by atoms with Crippen molar-refractivity contribution < 1.29 is 14.3 Å². The van der Waals surface area contributed by atoms with Gasteiger partial charge in [-0.2, -0.15) is 0 Å². The van der Waals surface area contributed by atoms with Crippen molar-refractivity contribution >= 4 is 17.9 Å². The van der Waals surface area contributed by atoms with Gasteiger partial charge in [-0.05, 0) is 12.1 Å². The number of carbonyl (C=O) groups excluding carboxylic acids is 2. The van der Waals surface area contributed by atoms with Crippen molar-refractivity contribution in [3.63, 3.8) is 0 Å². The van der Waals surface area contributed by atoms with Crippen LogP contribution in [0.5, 0.6) is 0 Å². The molecule has 0 fully saturated rings. The molecular formula is C11H13NO3. The molecule has 0 unspecified atom stereocenters. The van der Waals surface area contributed by atoms with Crippen LogP contribution in [0.1, 0.15) is 10.4 Å². The molecule has 0 spiro atoms. The van der Waals surface area contributed by atoms with E-state index < -0.39 is 0 Å². The summed E-state index contributed by atoms with van der Waals surface area (Å²) in [6.07, 6.45) is 0.773. The Bertz CT molecular complexity index is 363. The van der Waals surface area contributed by atoms with Crippen LogP contribution in [0.25, 0.3) is 0 Å². The van der Waals surface area contributed by atoms with E-state index in [0.717, 1.165) is 12.0 Å². The molecule has 0 atom stereocenters. The number of anilines is 1. The lowest BCUT2D eigenvalue weighted by Gasteiger charge is -2.17. The number of carbonyl (C=O) groups is 2. The van der Waals surface area contributed by atoms with Crippen molar-refractivity contribution in [1.82, 2.24) is 0 Å². The highest BCUT2D eigenvalue weighted by Gasteiger charge is 2.07. The van der Waals surface area contributed by atoms with Crippen molar-refractivity contribution in [2.45, 2.75) is 0 Å². The number of esters is 1. The first-order valence-electron chi connectivity index (χ1n) is 4.50. The third-order valence-electron chi connectivity index (χ3n) is 2.04. The van der Waals surface area contributed by atoms with Crippen LogP contribution in [0.4, 0.5) is 5.69 Å². The molecule has 0 N–H and O–H groups in total. The second-order valence-electron chi connectivity index (χ2n) is 3.15. The first-order chi connectivity index (χ1) is 7.17. The SMILES string of the molecule is COC(=O)CN(C)c1cccc(C=O)c1. The van der Waals surface area contributed by atoms with Gasteiger partial charge in [0.2, 0.25) is 0 Å². The Balaban J connectivity index is 2.76. The summed E-state index contributed by atoms with van der Waals surface area (Å²) < 4.78 is 4.55. The predicted octanol–water partition coefficient (Wildman–Crippen LogP) is 1.11. The summed E-state index contributed by atoms with van der Waals surface area (Å²) in [5.41, 5.74) is 1.40. The van der Waals surface area contributed by atoms with Crippen molar-refractivity contribution in [3.05, 3.63) is 29.8 Å². The summed E-state index contributed by atoms with van der Waals surface area (Å²) in [4.78, 5) is 23.3. The Kier molecular flexibility index (Phi) is 3.85. The van der Waals surface area contributed by atoms with Gasteiger partial charge in [0.05, 0.1) is 7.11 Å². The first kappa shape index (κ1) is 11.2. The maximum absolute atomic E-state index is 11.0. The van der Waals surface area contributed by atoms with Crippen molar-refractivity contribution in [3.8, 4) is 0 Å². The normalized spacial score (nSPS) is 9.47. The highest BCUT2D eigenvalue weighted by Crippen LogP contribution is 2.13. The van der Waals surface area contributed by atoms with Crippen LogP contribution in [0.15, 0.2) is 24.3 Å². The Morgan fingerprint density at radius 1 is 1.53 bits per heavy atom. The Labute approximate surface area is 88.5 Å². The Morgan fingerprint density at radius 3 is 2.87 bits per heavy atom. The summed E-state index contributed by atoms with van der Waals surface area (Å²) in [7, 11) is 3.11. The fourth-order valence-corrected chi connectivity index (χ4v) is 1.19. The van der Waals surface area contributed by atoms with Gasteiger partial charge in [-0.25, -0.2) is 0 Å². The van der Waals surface area contributed by atoms with E-state index in [9.17, 15) is 9.59 Å². The Morgan fingerprint density at radius 2 is 2.27 bits per heavy atom. The number of aldehydes is 1. The molecule has 0 aliphatic heterocycles. The fraction of sp³-hybridized carbons (Fsp3) is 0.273. The molecular weight excluding hydrogens is 194 g/mol. The number of methoxy groups -OCH3 is 1. The maximum atomic E-state index is 11.0. The minimum absolute atomic E-state index is 0.165. The highest BCUT2D eigenvalue weighted by atomic mass is 16.5. The highest BCUT2D eigenvalue weighted by molar-refractivity contribution is 5.79. The molecule has 0 saturated carbocycles. The summed E-state index contributed by atoms with van der Waals surface area (Å²) >= 11 is 0. The van der Waals surface area contributed by atoms with E-state index in [0.29, 0.717) is 5.56 Å². The zero-order valence-electron chi connectivity index (χ0n) is 8.77. The smallest absolute Gasteiger partial charge is 0.325 e. The molecule has 80 valence electrons. The van der Waals surface area contributed by atoms with Gasteiger partial charge in [-0.15, -0.1) is 0 Å². The van der Waals surface area contributed by atoms with E-state index in [1.807, 2.05) is 6.07 Å². The Hall–Kier alpha value is -1.84. The molecule has 0 saturated heterocycles. The minimum Gasteiger partial charge on any atom is -0.468 e. The number of benzene rings is 1. The summed E-state index contributed by atoms with van der Waals surface area (Å²) in [5.74, 6) is -0.311. The second-order valence-corrected chi connectivity index (χ2v) is 3.15. The fourth-order valence-electron chi connectivity index (χ4n) is 1.19. The summed E-state index contributed by atoms with van der Waals surface area (Å²) in [5, 5.41) is 0. The molecule has 1 aromatic carbocycles. The van der Waals surface area contributed by atoms with Crippen LogP contribution in [-0.4, -0.2) is 33.0 Å². The summed E-state index contributed by atoms with van der Waals surface area (Å²) in [6.45, 7) is 0.165. The zero-order valence-corrected chi connectivity index (χ0v) is 8.77. The molecule has 1 aromatic rings. The van der Waals surface area contributed by atoms with Gasteiger partial charge in [0.25, 0.3) is 0 Å². The van der Waals surface area contributed by atoms with Crippen LogP contribution in [-0.2, 0) is 9.53 Å². The molecule has 0 aliphatic rings. The standard InChI is InChI=1S/C11H13NO3/c1-12(7-11(14)15-2)10-5-3-4-9(6-10)8-13/h3-6,8H,7H2,1-2H3. The van der Waals surface area contributed by atoms with Crippen molar-refractivity contribution in [2.75, 3.05) is 25.6 Å². The third kappa shape index (κ3) is 3.09. The number of hydrogen-bond acceptors (Lipinski definition) is 4. The largest absolute Gasteiger partial charge is 0.468 e. The molecule has 15 heavy (non-hydrogen) atoms. The molecule has 4 nitrogen and oxygen atoms in total. The lowest BCUT2D eigenvalue weighted by atomic mass is 10.2. The molecule has 1 rings (SSSR count). The van der Waals surface area contributed by atoms with Gasteiger partial charge >= 0.3 is 5.97 Å². The van der Waals surface area contributed by atoms with Crippen molar-refractivity contribution in [2.24, 2.45) is 0 Å². The average molecular weight is 207 g/mol. The van der Waals surface area contributed by atoms with E-state index in [-0.39, 0.29) is 12.5 Å². The van der Waals surface area contributed by atoms with Gasteiger partial charge in [0, 0.05) is 18.3 Å². The average Bonchev–Trinajstić information content (AvgIpc) is 2.28. The lowest BCUT2D eigenvalue weighted by Crippen LogP contribution is -2.26. The number of hydrogen-bond donors (Lipinski definition) is 0. The van der Waals surface area contributed by atoms with Crippen LogP contribution in [0, 0.1) is 0 Å². The second kappa shape index (κ2) is 5.14. The molecule has 0 amide bonds. The van der Waals surface area contributed by atoms with Gasteiger partial charge < -0.3 is 9.64 Å². The first-order valence-corrected chi connectivity index (χ1v) is 4.50. The number of nitrogens with zero attached hydrogens (tertiary/aromatic N) is 1. The van der Waals surface area contributed by atoms with Crippen LogP contribution >= 0.6 is 0 Å². The van der Waals surface area contributed by atoms with Crippen LogP contribution < -0.4 is 4.90 Å². The molecule has 4 heteroatoms. The van der Waals surface area contributed by atoms with Gasteiger partial charge in [-0.1, -0.05) is 12.1 Å². The molecule has 0 heterocycles. The third-order valence-corrected chi connectivity index (χ3v) is 2.04. The van der Waals surface area contributed by atoms with E-state index >= 15 is 0 Å². The van der Waals surface area contributed by atoms with E-state index in [4.69, 9.17) is 0 Å². The number of rotatable bonds is 4. The van der Waals surface area contributed by atoms with Crippen molar-refractivity contribution in [1.29, 1.82) is 0 Å². The molecule has 0 radical (unpaired) electrons. The molecule has 0 aromatic heterocycles. The summed E-state index contributed by atoms with van der Waals surface area (Å²) in [6, 6.07) is 7.03. The molecule has 0 bridgehead atoms. The van der Waals surface area contributed by atoms with E-state index in [1.54, 1.807) is 30.1 Å². The van der Waals surface area contributed by atoms with E-state index in [2.05, 4.69) is 4.74 Å². The quantitative estimate of drug-likeness (QED) is 0.548. The monoisotopic (exact) mass is 207 g/mol. The minimum atomic E-state index is -0.311. The van der Waals surface area contributed by atoms with Gasteiger partial charge in [0.15, 0.2) is 0 Å². The maximum Gasteiger partial charge on any atom is 0.325 e. The van der Waals surface area contributed by atoms with Gasteiger partial charge in [0.1, 0.15) is 12.8 Å². The zero-order chi connectivity index (χ0) is 11.3. The van der Waals surface area contributed by atoms with Crippen LogP contribution in [0.2, 0.25) is 0 Å².